The van der Waals surface area contributed by atoms with Crippen molar-refractivity contribution in [1.82, 2.24) is 0 Å². The highest BCUT2D eigenvalue weighted by atomic mass is 19.2. The molecule has 0 radical (unpaired) electrons. The SMILES string of the molecule is C=O.Fc1ccccc1F. The lowest BCUT2D eigenvalue weighted by atomic mass is 10.3. The highest BCUT2D eigenvalue weighted by Crippen LogP contribution is 2.01. The van der Waals surface area contributed by atoms with Crippen molar-refractivity contribution in [3.8, 4) is 0 Å². The van der Waals surface area contributed by atoms with E-state index >= 15 is 0 Å². The van der Waals surface area contributed by atoms with Gasteiger partial charge in [-0.3, -0.25) is 0 Å². The van der Waals surface area contributed by atoms with E-state index in [0.29, 0.717) is 0 Å². The summed E-state index contributed by atoms with van der Waals surface area (Å²) in [4.78, 5) is 8.00. The van der Waals surface area contributed by atoms with Gasteiger partial charge in [-0.2, -0.15) is 0 Å². The largest absolute Gasteiger partial charge is 0.307 e. The lowest BCUT2D eigenvalue weighted by molar-refractivity contribution is -0.0979. The van der Waals surface area contributed by atoms with Crippen LogP contribution >= 0.6 is 0 Å². The second kappa shape index (κ2) is 4.61. The monoisotopic (exact) mass is 144 g/mol. The van der Waals surface area contributed by atoms with Crippen molar-refractivity contribution in [3.63, 3.8) is 0 Å². The maximum atomic E-state index is 11.9. The van der Waals surface area contributed by atoms with Crippen LogP contribution in [-0.4, -0.2) is 6.79 Å². The molecule has 0 unspecified atom stereocenters. The van der Waals surface area contributed by atoms with Gasteiger partial charge in [0, 0.05) is 0 Å². The molecule has 1 aromatic carbocycles. The van der Waals surface area contributed by atoms with E-state index in [4.69, 9.17) is 4.79 Å². The summed E-state index contributed by atoms with van der Waals surface area (Å²) in [5, 5.41) is 0. The Hall–Kier alpha value is -1.25. The van der Waals surface area contributed by atoms with Crippen LogP contribution in [0.1, 0.15) is 0 Å². The Balaban J connectivity index is 0.000000371. The maximum absolute atomic E-state index is 11.9. The molecule has 10 heavy (non-hydrogen) atoms. The van der Waals surface area contributed by atoms with Gasteiger partial charge in [-0.25, -0.2) is 8.78 Å². The highest BCUT2D eigenvalue weighted by Gasteiger charge is 1.93. The minimum absolute atomic E-state index is 0.799. The molecule has 0 N–H and O–H groups in total. The van der Waals surface area contributed by atoms with E-state index in [9.17, 15) is 8.78 Å². The van der Waals surface area contributed by atoms with Gasteiger partial charge in [0.2, 0.25) is 0 Å². The molecule has 1 aromatic rings. The van der Waals surface area contributed by atoms with E-state index in [1.807, 2.05) is 6.79 Å². The van der Waals surface area contributed by atoms with Gasteiger partial charge in [0.25, 0.3) is 0 Å². The Labute approximate surface area is 57.3 Å². The standard InChI is InChI=1S/C6H4F2.CH2O/c7-5-3-1-2-4-6(5)8;1-2/h1-4H;1H2. The first-order chi connectivity index (χ1) is 4.80. The van der Waals surface area contributed by atoms with Gasteiger partial charge in [-0.15, -0.1) is 0 Å². The van der Waals surface area contributed by atoms with Gasteiger partial charge in [0.15, 0.2) is 11.6 Å². The van der Waals surface area contributed by atoms with E-state index in [1.54, 1.807) is 0 Å². The first kappa shape index (κ1) is 8.75. The molecular weight excluding hydrogens is 138 g/mol. The first-order valence-corrected chi connectivity index (χ1v) is 2.49. The fourth-order valence-corrected chi connectivity index (χ4v) is 0.439. The molecule has 0 heterocycles. The Morgan fingerprint density at radius 2 is 1.30 bits per heavy atom. The Morgan fingerprint density at radius 1 is 1.00 bits per heavy atom. The Morgan fingerprint density at radius 3 is 1.50 bits per heavy atom. The summed E-state index contributed by atoms with van der Waals surface area (Å²) >= 11 is 0. The molecule has 3 heteroatoms. The van der Waals surface area contributed by atoms with Crippen molar-refractivity contribution >= 4 is 6.79 Å². The third kappa shape index (κ3) is 2.35. The van der Waals surface area contributed by atoms with Crippen LogP contribution in [0, 0.1) is 11.6 Å². The van der Waals surface area contributed by atoms with Crippen molar-refractivity contribution in [3.05, 3.63) is 35.9 Å². The predicted octanol–water partition coefficient (Wildman–Crippen LogP) is 1.78. The molecule has 0 aliphatic rings. The number of halogens is 2. The van der Waals surface area contributed by atoms with Crippen LogP contribution in [0.3, 0.4) is 0 Å². The first-order valence-electron chi connectivity index (χ1n) is 2.49. The zero-order valence-corrected chi connectivity index (χ0v) is 5.18. The summed E-state index contributed by atoms with van der Waals surface area (Å²) in [7, 11) is 0. The summed E-state index contributed by atoms with van der Waals surface area (Å²) in [5.74, 6) is -1.60. The van der Waals surface area contributed by atoms with Gasteiger partial charge in [0.1, 0.15) is 6.79 Å². The topological polar surface area (TPSA) is 17.1 Å². The summed E-state index contributed by atoms with van der Waals surface area (Å²) < 4.78 is 23.9. The van der Waals surface area contributed by atoms with Crippen molar-refractivity contribution in [2.75, 3.05) is 0 Å². The average molecular weight is 144 g/mol. The zero-order valence-electron chi connectivity index (χ0n) is 5.18. The number of benzene rings is 1. The van der Waals surface area contributed by atoms with Gasteiger partial charge in [0.05, 0.1) is 0 Å². The van der Waals surface area contributed by atoms with Crippen molar-refractivity contribution < 1.29 is 13.6 Å². The minimum Gasteiger partial charge on any atom is -0.307 e. The molecule has 0 fully saturated rings. The predicted molar refractivity (Wildman–Crippen MR) is 33.5 cm³/mol. The average Bonchev–Trinajstić information content (AvgIpc) is 2.00. The Kier molecular flexibility index (Phi) is 4.04. The normalized spacial score (nSPS) is 7.80. The maximum Gasteiger partial charge on any atom is 0.158 e. The van der Waals surface area contributed by atoms with Crippen LogP contribution in [0.25, 0.3) is 0 Å². The van der Waals surface area contributed by atoms with Crippen molar-refractivity contribution in [1.29, 1.82) is 0 Å². The van der Waals surface area contributed by atoms with Gasteiger partial charge in [-0.05, 0) is 12.1 Å². The zero-order chi connectivity index (χ0) is 7.98. The summed E-state index contributed by atoms with van der Waals surface area (Å²) in [6.07, 6.45) is 0. The summed E-state index contributed by atoms with van der Waals surface area (Å²) in [6, 6.07) is 5.04. The van der Waals surface area contributed by atoms with E-state index in [1.165, 1.54) is 12.1 Å². The van der Waals surface area contributed by atoms with Crippen LogP contribution in [-0.2, 0) is 4.79 Å². The molecule has 54 valence electrons. The summed E-state index contributed by atoms with van der Waals surface area (Å²) in [6.45, 7) is 2.00. The molecule has 0 aliphatic carbocycles. The molecule has 1 rings (SSSR count). The highest BCUT2D eigenvalue weighted by molar-refractivity contribution is 5.11. The van der Waals surface area contributed by atoms with Gasteiger partial charge >= 0.3 is 0 Å². The number of rotatable bonds is 0. The lowest BCUT2D eigenvalue weighted by Gasteiger charge is -1.85. The summed E-state index contributed by atoms with van der Waals surface area (Å²) in [5.41, 5.74) is 0. The van der Waals surface area contributed by atoms with Crippen molar-refractivity contribution in [2.45, 2.75) is 0 Å². The van der Waals surface area contributed by atoms with Crippen LogP contribution in [0.4, 0.5) is 8.78 Å². The molecule has 0 atom stereocenters. The van der Waals surface area contributed by atoms with E-state index < -0.39 is 11.6 Å². The fourth-order valence-electron chi connectivity index (χ4n) is 0.439. The lowest BCUT2D eigenvalue weighted by Crippen LogP contribution is -1.77. The van der Waals surface area contributed by atoms with E-state index in [0.717, 1.165) is 12.1 Å². The quantitative estimate of drug-likeness (QED) is 0.542. The molecule has 0 saturated heterocycles. The molecule has 1 nitrogen and oxygen atoms in total. The third-order valence-corrected chi connectivity index (χ3v) is 0.824. The minimum atomic E-state index is -0.799. The van der Waals surface area contributed by atoms with Crippen LogP contribution in [0.2, 0.25) is 0 Å². The van der Waals surface area contributed by atoms with Crippen LogP contribution < -0.4 is 0 Å². The molecule has 0 aliphatic heterocycles. The molecule has 0 amide bonds. The number of carbonyl (C=O) groups is 1. The fraction of sp³-hybridized carbons (Fsp3) is 0. The second-order valence-corrected chi connectivity index (χ2v) is 1.41. The second-order valence-electron chi connectivity index (χ2n) is 1.41. The van der Waals surface area contributed by atoms with Crippen LogP contribution in [0.15, 0.2) is 24.3 Å². The molecule has 0 spiro atoms. The van der Waals surface area contributed by atoms with Gasteiger partial charge in [-0.1, -0.05) is 12.1 Å². The van der Waals surface area contributed by atoms with Crippen molar-refractivity contribution in [2.24, 2.45) is 0 Å². The van der Waals surface area contributed by atoms with E-state index in [2.05, 4.69) is 0 Å². The smallest absolute Gasteiger partial charge is 0.158 e. The molecule has 0 aromatic heterocycles. The van der Waals surface area contributed by atoms with Gasteiger partial charge < -0.3 is 4.79 Å². The molecule has 0 saturated carbocycles. The van der Waals surface area contributed by atoms with E-state index in [-0.39, 0.29) is 0 Å². The molecule has 0 bridgehead atoms. The number of hydrogen-bond donors (Lipinski definition) is 0. The molecular formula is C7H6F2O. The number of carbonyl (C=O) groups excluding carboxylic acids is 1. The van der Waals surface area contributed by atoms with Crippen LogP contribution in [0.5, 0.6) is 0 Å². The Bertz CT molecular complexity index is 180. The number of hydrogen-bond acceptors (Lipinski definition) is 1. The third-order valence-electron chi connectivity index (χ3n) is 0.824.